The van der Waals surface area contributed by atoms with E-state index in [0.717, 1.165) is 34.8 Å². The van der Waals surface area contributed by atoms with E-state index in [1.807, 2.05) is 30.3 Å². The van der Waals surface area contributed by atoms with E-state index in [1.54, 1.807) is 18.2 Å². The van der Waals surface area contributed by atoms with Crippen LogP contribution in [0.1, 0.15) is 52.4 Å². The van der Waals surface area contributed by atoms with Gasteiger partial charge in [0.05, 0.1) is 31.6 Å². The van der Waals surface area contributed by atoms with E-state index in [1.165, 1.54) is 27.6 Å². The van der Waals surface area contributed by atoms with Gasteiger partial charge in [0.25, 0.3) is 5.92 Å². The van der Waals surface area contributed by atoms with Gasteiger partial charge in [0.15, 0.2) is 0 Å². The van der Waals surface area contributed by atoms with Crippen LogP contribution in [0.15, 0.2) is 48.5 Å². The highest BCUT2D eigenvalue weighted by molar-refractivity contribution is 7.15. The summed E-state index contributed by atoms with van der Waals surface area (Å²) in [6.07, 6.45) is 2.94. The number of anilines is 3. The lowest BCUT2D eigenvalue weighted by Crippen LogP contribution is -2.56. The fourth-order valence-corrected chi connectivity index (χ4v) is 6.83. The number of alkyl halides is 2. The molecule has 2 amide bonds. The Balaban J connectivity index is 0.991. The van der Waals surface area contributed by atoms with Crippen molar-refractivity contribution in [1.82, 2.24) is 25.4 Å². The van der Waals surface area contributed by atoms with Gasteiger partial charge in [-0.05, 0) is 37.0 Å². The van der Waals surface area contributed by atoms with Gasteiger partial charge in [-0.3, -0.25) is 9.59 Å². The number of hydrogen-bond donors (Lipinski definition) is 2. The van der Waals surface area contributed by atoms with Crippen molar-refractivity contribution in [3.8, 4) is 0 Å². The molecule has 0 spiro atoms. The maximum Gasteiger partial charge on any atom is 0.282 e. The second-order valence-electron chi connectivity index (χ2n) is 10.2. The topological polar surface area (TPSA) is 126 Å². The number of nitrogens with one attached hydrogen (secondary N) is 2. The van der Waals surface area contributed by atoms with E-state index in [-0.39, 0.29) is 49.6 Å². The second-order valence-corrected chi connectivity index (χ2v) is 12.3. The molecule has 2 atom stereocenters. The van der Waals surface area contributed by atoms with Crippen LogP contribution in [-0.2, 0) is 22.4 Å². The molecule has 2 fully saturated rings. The third-order valence-electron chi connectivity index (χ3n) is 7.01. The van der Waals surface area contributed by atoms with Crippen molar-refractivity contribution in [2.45, 2.75) is 49.9 Å². The highest BCUT2D eigenvalue weighted by Crippen LogP contribution is 2.45. The van der Waals surface area contributed by atoms with E-state index in [9.17, 15) is 18.4 Å². The molecule has 1 aliphatic carbocycles. The zero-order valence-corrected chi connectivity index (χ0v) is 23.4. The molecule has 1 saturated heterocycles. The molecule has 212 valence electrons. The number of hydrogen-bond acceptors (Lipinski definition) is 10. The molecule has 1 aromatic carbocycles. The van der Waals surface area contributed by atoms with Crippen molar-refractivity contribution in [1.29, 1.82) is 0 Å². The Hall–Kier alpha value is -3.91. The quantitative estimate of drug-likeness (QED) is 0.286. The van der Waals surface area contributed by atoms with Crippen molar-refractivity contribution >= 4 is 50.6 Å². The van der Waals surface area contributed by atoms with Crippen molar-refractivity contribution in [3.05, 3.63) is 69.8 Å². The standard InChI is InChI=1S/C27H26F2N8O2S2/c28-27(29)14-37(15-27)20-8-4-7-19(30-20)13-22(39)32-26-36-34-24(41-26)18-10-9-17(12-18)23-33-35-25(40-23)31-21(38)11-16-5-2-1-3-6-16/h1-8,17-18H,9-15H2,(H,31,35,38)(H,32,36,39). The monoisotopic (exact) mass is 596 g/mol. The minimum absolute atomic E-state index is 0.000242. The molecular formula is C27H26F2N8O2S2. The SMILES string of the molecule is O=C(Cc1ccccc1)Nc1nnc(C2CCC(c3nnc(NC(=O)Cc4cccc(N5CC(F)(F)C5)n4)s3)C2)s1. The van der Waals surface area contributed by atoms with E-state index in [2.05, 4.69) is 36.0 Å². The van der Waals surface area contributed by atoms with Crippen LogP contribution in [0.3, 0.4) is 0 Å². The molecule has 2 N–H and O–H groups in total. The average Bonchev–Trinajstić information content (AvgIpc) is 3.69. The van der Waals surface area contributed by atoms with Crippen LogP contribution < -0.4 is 15.5 Å². The van der Waals surface area contributed by atoms with Gasteiger partial charge in [0.2, 0.25) is 22.1 Å². The summed E-state index contributed by atoms with van der Waals surface area (Å²) in [6, 6.07) is 14.6. The Morgan fingerprint density at radius 1 is 0.829 bits per heavy atom. The number of nitrogens with zero attached hydrogens (tertiary/aromatic N) is 6. The Morgan fingerprint density at radius 2 is 1.44 bits per heavy atom. The molecule has 4 aromatic rings. The van der Waals surface area contributed by atoms with E-state index < -0.39 is 5.92 Å². The molecule has 0 bridgehead atoms. The summed E-state index contributed by atoms with van der Waals surface area (Å²) in [5.41, 5.74) is 1.43. The molecule has 4 heterocycles. The molecule has 2 unspecified atom stereocenters. The fraction of sp³-hybridized carbons (Fsp3) is 0.370. The predicted octanol–water partition coefficient (Wildman–Crippen LogP) is 4.65. The second kappa shape index (κ2) is 11.5. The zero-order valence-electron chi connectivity index (χ0n) is 21.8. The van der Waals surface area contributed by atoms with E-state index in [0.29, 0.717) is 21.8 Å². The van der Waals surface area contributed by atoms with Crippen LogP contribution in [0.5, 0.6) is 0 Å². The first-order valence-electron chi connectivity index (χ1n) is 13.2. The lowest BCUT2D eigenvalue weighted by molar-refractivity contribution is -0.116. The number of aromatic nitrogens is 5. The maximum absolute atomic E-state index is 13.2. The number of benzene rings is 1. The molecule has 1 aliphatic heterocycles. The van der Waals surface area contributed by atoms with Gasteiger partial charge in [0, 0.05) is 11.8 Å². The summed E-state index contributed by atoms with van der Waals surface area (Å²) in [5.74, 6) is -2.28. The highest BCUT2D eigenvalue weighted by atomic mass is 32.1. The van der Waals surface area contributed by atoms with Crippen LogP contribution >= 0.6 is 22.7 Å². The van der Waals surface area contributed by atoms with Gasteiger partial charge in [-0.15, -0.1) is 20.4 Å². The Morgan fingerprint density at radius 3 is 2.05 bits per heavy atom. The van der Waals surface area contributed by atoms with Gasteiger partial charge < -0.3 is 15.5 Å². The molecule has 0 radical (unpaired) electrons. The van der Waals surface area contributed by atoms with E-state index >= 15 is 0 Å². The lowest BCUT2D eigenvalue weighted by Gasteiger charge is -2.39. The summed E-state index contributed by atoms with van der Waals surface area (Å²) in [6.45, 7) is -0.729. The minimum atomic E-state index is -2.69. The largest absolute Gasteiger partial charge is 0.344 e. The van der Waals surface area contributed by atoms with Gasteiger partial charge in [-0.2, -0.15) is 0 Å². The third kappa shape index (κ3) is 6.70. The Labute approximate surface area is 242 Å². The average molecular weight is 597 g/mol. The van der Waals surface area contributed by atoms with Gasteiger partial charge in [-0.25, -0.2) is 13.8 Å². The van der Waals surface area contributed by atoms with Crippen molar-refractivity contribution in [2.75, 3.05) is 28.6 Å². The molecule has 2 aliphatic rings. The molecule has 10 nitrogen and oxygen atoms in total. The first-order valence-corrected chi connectivity index (χ1v) is 14.8. The Bertz CT molecular complexity index is 1540. The first kappa shape index (κ1) is 27.3. The van der Waals surface area contributed by atoms with Crippen molar-refractivity contribution < 1.29 is 18.4 Å². The molecular weight excluding hydrogens is 570 g/mol. The molecule has 41 heavy (non-hydrogen) atoms. The number of carbonyl (C=O) groups excluding carboxylic acids is 2. The van der Waals surface area contributed by atoms with Crippen molar-refractivity contribution in [2.24, 2.45) is 0 Å². The van der Waals surface area contributed by atoms with Gasteiger partial charge in [-0.1, -0.05) is 59.1 Å². The fourth-order valence-electron chi connectivity index (χ4n) is 5.02. The smallest absolute Gasteiger partial charge is 0.282 e. The molecule has 1 saturated carbocycles. The number of carbonyl (C=O) groups is 2. The molecule has 3 aromatic heterocycles. The van der Waals surface area contributed by atoms with E-state index in [4.69, 9.17) is 0 Å². The van der Waals surface area contributed by atoms with Crippen molar-refractivity contribution in [3.63, 3.8) is 0 Å². The van der Waals surface area contributed by atoms with Crippen LogP contribution in [0.4, 0.5) is 24.9 Å². The summed E-state index contributed by atoms with van der Waals surface area (Å²) in [7, 11) is 0. The normalized spacial score (nSPS) is 19.5. The van der Waals surface area contributed by atoms with Crippen LogP contribution in [0.25, 0.3) is 0 Å². The number of amides is 2. The van der Waals surface area contributed by atoms with Gasteiger partial charge >= 0.3 is 0 Å². The first-order chi connectivity index (χ1) is 19.8. The van der Waals surface area contributed by atoms with Gasteiger partial charge in [0.1, 0.15) is 15.8 Å². The van der Waals surface area contributed by atoms with Crippen LogP contribution in [-0.4, -0.2) is 56.2 Å². The van der Waals surface area contributed by atoms with Crippen LogP contribution in [0, 0.1) is 0 Å². The molecule has 6 rings (SSSR count). The predicted molar refractivity (Wildman–Crippen MR) is 152 cm³/mol. The minimum Gasteiger partial charge on any atom is -0.344 e. The summed E-state index contributed by atoms with van der Waals surface area (Å²) < 4.78 is 26.4. The summed E-state index contributed by atoms with van der Waals surface area (Å²) in [5, 5.41) is 25.2. The highest BCUT2D eigenvalue weighted by Gasteiger charge is 2.44. The van der Waals surface area contributed by atoms with Crippen LogP contribution in [0.2, 0.25) is 0 Å². The summed E-state index contributed by atoms with van der Waals surface area (Å²) in [4.78, 5) is 30.8. The summed E-state index contributed by atoms with van der Waals surface area (Å²) >= 11 is 2.74. The zero-order chi connectivity index (χ0) is 28.4. The molecule has 14 heteroatoms. The maximum atomic E-state index is 13.2. The third-order valence-corrected chi connectivity index (χ3v) is 9.02. The number of halogens is 2. The lowest BCUT2D eigenvalue weighted by atomic mass is 10.1. The number of pyridine rings is 1. The number of rotatable bonds is 9. The Kier molecular flexibility index (Phi) is 7.67.